The van der Waals surface area contributed by atoms with Crippen molar-refractivity contribution >= 4 is 0 Å². The molecule has 1 saturated heterocycles. The second-order valence-corrected chi connectivity index (χ2v) is 4.91. The molecule has 0 aliphatic carbocycles. The van der Waals surface area contributed by atoms with Crippen LogP contribution >= 0.6 is 0 Å². The monoisotopic (exact) mass is 263 g/mol. The summed E-state index contributed by atoms with van der Waals surface area (Å²) >= 11 is 0. The SMILES string of the molecule is CC1(c2n[nH]c(COc3cccc(F)c3)n2)COC1. The molecule has 2 heterocycles. The van der Waals surface area contributed by atoms with E-state index in [4.69, 9.17) is 9.47 Å². The van der Waals surface area contributed by atoms with Gasteiger partial charge in [0.2, 0.25) is 0 Å². The third-order valence-corrected chi connectivity index (χ3v) is 3.08. The molecule has 0 unspecified atom stereocenters. The van der Waals surface area contributed by atoms with Crippen LogP contribution in [-0.4, -0.2) is 28.4 Å². The lowest BCUT2D eigenvalue weighted by Gasteiger charge is -2.35. The average molecular weight is 263 g/mol. The van der Waals surface area contributed by atoms with Crippen LogP contribution in [0.1, 0.15) is 18.6 Å². The van der Waals surface area contributed by atoms with E-state index in [2.05, 4.69) is 22.1 Å². The van der Waals surface area contributed by atoms with Crippen molar-refractivity contribution in [3.8, 4) is 5.75 Å². The quantitative estimate of drug-likeness (QED) is 0.914. The Morgan fingerprint density at radius 2 is 2.32 bits per heavy atom. The third kappa shape index (κ3) is 2.44. The molecule has 1 aromatic carbocycles. The summed E-state index contributed by atoms with van der Waals surface area (Å²) < 4.78 is 23.6. The number of rotatable bonds is 4. The highest BCUT2D eigenvalue weighted by Crippen LogP contribution is 2.28. The van der Waals surface area contributed by atoms with Crippen molar-refractivity contribution in [2.45, 2.75) is 18.9 Å². The Hall–Kier alpha value is -1.95. The fourth-order valence-corrected chi connectivity index (χ4v) is 1.88. The maximum atomic E-state index is 13.0. The van der Waals surface area contributed by atoms with Gasteiger partial charge in [0, 0.05) is 6.07 Å². The van der Waals surface area contributed by atoms with E-state index in [1.54, 1.807) is 12.1 Å². The molecule has 2 aromatic rings. The lowest BCUT2D eigenvalue weighted by atomic mass is 9.88. The van der Waals surface area contributed by atoms with Crippen molar-refractivity contribution in [2.75, 3.05) is 13.2 Å². The predicted octanol–water partition coefficient (Wildman–Crippen LogP) is 1.81. The minimum atomic E-state index is -0.324. The van der Waals surface area contributed by atoms with Crippen molar-refractivity contribution in [2.24, 2.45) is 0 Å². The Balaban J connectivity index is 1.64. The Labute approximate surface area is 109 Å². The number of aromatic nitrogens is 3. The zero-order chi connectivity index (χ0) is 13.3. The molecule has 1 aliphatic rings. The minimum Gasteiger partial charge on any atom is -0.486 e. The van der Waals surface area contributed by atoms with E-state index in [1.165, 1.54) is 12.1 Å². The Bertz CT molecular complexity index is 581. The summed E-state index contributed by atoms with van der Waals surface area (Å²) in [5.74, 6) is 1.50. The molecular weight excluding hydrogens is 249 g/mol. The van der Waals surface area contributed by atoms with Gasteiger partial charge >= 0.3 is 0 Å². The summed E-state index contributed by atoms with van der Waals surface area (Å²) in [6.45, 7) is 3.55. The van der Waals surface area contributed by atoms with Crippen molar-refractivity contribution in [1.29, 1.82) is 0 Å². The van der Waals surface area contributed by atoms with Gasteiger partial charge in [0.25, 0.3) is 0 Å². The van der Waals surface area contributed by atoms with Crippen molar-refractivity contribution in [3.63, 3.8) is 0 Å². The molecule has 1 aromatic heterocycles. The fourth-order valence-electron chi connectivity index (χ4n) is 1.88. The molecule has 0 bridgehead atoms. The molecule has 1 aliphatic heterocycles. The predicted molar refractivity (Wildman–Crippen MR) is 65.3 cm³/mol. The van der Waals surface area contributed by atoms with Crippen molar-refractivity contribution in [1.82, 2.24) is 15.2 Å². The van der Waals surface area contributed by atoms with Crippen molar-refractivity contribution < 1.29 is 13.9 Å². The first-order valence-electron chi connectivity index (χ1n) is 6.04. The summed E-state index contributed by atoms with van der Waals surface area (Å²) in [6.07, 6.45) is 0. The summed E-state index contributed by atoms with van der Waals surface area (Å²) in [7, 11) is 0. The standard InChI is InChI=1S/C13H14FN3O2/c1-13(7-18-8-13)12-15-11(16-17-12)6-19-10-4-2-3-9(14)5-10/h2-5H,6-8H2,1H3,(H,15,16,17). The van der Waals surface area contributed by atoms with E-state index in [1.807, 2.05) is 0 Å². The maximum absolute atomic E-state index is 13.0. The number of nitrogens with zero attached hydrogens (tertiary/aromatic N) is 2. The molecular formula is C13H14FN3O2. The largest absolute Gasteiger partial charge is 0.486 e. The summed E-state index contributed by atoms with van der Waals surface area (Å²) in [5, 5.41) is 7.00. The first-order valence-corrected chi connectivity index (χ1v) is 6.04. The number of aromatic amines is 1. The number of hydrogen-bond acceptors (Lipinski definition) is 4. The molecule has 0 spiro atoms. The second-order valence-electron chi connectivity index (χ2n) is 4.91. The molecule has 3 rings (SSSR count). The first-order chi connectivity index (χ1) is 9.16. The summed E-state index contributed by atoms with van der Waals surface area (Å²) in [5.41, 5.74) is -0.104. The Morgan fingerprint density at radius 1 is 1.47 bits per heavy atom. The van der Waals surface area contributed by atoms with E-state index < -0.39 is 0 Å². The van der Waals surface area contributed by atoms with Crippen LogP contribution in [0, 0.1) is 5.82 Å². The third-order valence-electron chi connectivity index (χ3n) is 3.08. The van der Waals surface area contributed by atoms with E-state index in [0.29, 0.717) is 24.8 Å². The molecule has 0 saturated carbocycles. The Morgan fingerprint density at radius 3 is 3.00 bits per heavy atom. The van der Waals surface area contributed by atoms with E-state index in [0.717, 1.165) is 5.82 Å². The van der Waals surface area contributed by atoms with E-state index in [-0.39, 0.29) is 17.8 Å². The van der Waals surface area contributed by atoms with Gasteiger partial charge in [-0.2, -0.15) is 5.10 Å². The van der Waals surface area contributed by atoms with Gasteiger partial charge in [-0.1, -0.05) is 6.07 Å². The number of H-pyrrole nitrogens is 1. The fraction of sp³-hybridized carbons (Fsp3) is 0.385. The lowest BCUT2D eigenvalue weighted by Crippen LogP contribution is -2.44. The topological polar surface area (TPSA) is 60.0 Å². The molecule has 1 N–H and O–H groups in total. The van der Waals surface area contributed by atoms with Crippen LogP contribution in [0.3, 0.4) is 0 Å². The summed E-state index contributed by atoms with van der Waals surface area (Å²) in [6, 6.07) is 6.00. The highest BCUT2D eigenvalue weighted by molar-refractivity contribution is 5.22. The van der Waals surface area contributed by atoms with Crippen LogP contribution < -0.4 is 4.74 Å². The van der Waals surface area contributed by atoms with Crippen LogP contribution in [0.15, 0.2) is 24.3 Å². The van der Waals surface area contributed by atoms with Crippen molar-refractivity contribution in [3.05, 3.63) is 41.7 Å². The zero-order valence-corrected chi connectivity index (χ0v) is 10.5. The highest BCUT2D eigenvalue weighted by atomic mass is 19.1. The van der Waals surface area contributed by atoms with Crippen LogP contribution in [0.5, 0.6) is 5.75 Å². The highest BCUT2D eigenvalue weighted by Gasteiger charge is 2.39. The second kappa shape index (κ2) is 4.62. The van der Waals surface area contributed by atoms with Gasteiger partial charge in [-0.3, -0.25) is 5.10 Å². The minimum absolute atomic E-state index is 0.104. The molecule has 100 valence electrons. The average Bonchev–Trinajstić information content (AvgIpc) is 2.83. The van der Waals surface area contributed by atoms with Gasteiger partial charge in [-0.05, 0) is 19.1 Å². The van der Waals surface area contributed by atoms with Gasteiger partial charge < -0.3 is 9.47 Å². The van der Waals surface area contributed by atoms with E-state index in [9.17, 15) is 4.39 Å². The first kappa shape index (κ1) is 12.1. The number of benzene rings is 1. The molecule has 0 radical (unpaired) electrons. The van der Waals surface area contributed by atoms with Gasteiger partial charge in [0.1, 0.15) is 18.2 Å². The lowest BCUT2D eigenvalue weighted by molar-refractivity contribution is -0.0542. The molecule has 0 amide bonds. The number of halogens is 1. The van der Waals surface area contributed by atoms with Gasteiger partial charge in [-0.25, -0.2) is 9.37 Å². The van der Waals surface area contributed by atoms with Crippen LogP contribution in [0.25, 0.3) is 0 Å². The van der Waals surface area contributed by atoms with Crippen LogP contribution in [0.4, 0.5) is 4.39 Å². The van der Waals surface area contributed by atoms with E-state index >= 15 is 0 Å². The van der Waals surface area contributed by atoms with Crippen LogP contribution in [0.2, 0.25) is 0 Å². The van der Waals surface area contributed by atoms with Gasteiger partial charge in [0.15, 0.2) is 11.6 Å². The maximum Gasteiger partial charge on any atom is 0.162 e. The van der Waals surface area contributed by atoms with Gasteiger partial charge in [-0.15, -0.1) is 0 Å². The van der Waals surface area contributed by atoms with Gasteiger partial charge in [0.05, 0.1) is 18.6 Å². The molecule has 5 nitrogen and oxygen atoms in total. The molecule has 19 heavy (non-hydrogen) atoms. The molecule has 0 atom stereocenters. The number of hydrogen-bond donors (Lipinski definition) is 1. The number of ether oxygens (including phenoxy) is 2. The van der Waals surface area contributed by atoms with Crippen LogP contribution in [-0.2, 0) is 16.8 Å². The summed E-state index contributed by atoms with van der Waals surface area (Å²) in [4.78, 5) is 4.38. The smallest absolute Gasteiger partial charge is 0.162 e. The zero-order valence-electron chi connectivity index (χ0n) is 10.5. The number of nitrogens with one attached hydrogen (secondary N) is 1. The normalized spacial score (nSPS) is 16.9. The Kier molecular flexibility index (Phi) is 2.94. The molecule has 1 fully saturated rings. The molecule has 6 heteroatoms.